The molecule has 2 aliphatic rings. The Morgan fingerprint density at radius 1 is 0.704 bits per heavy atom. The standard InChI is InChI=1S/C17H20O10/c1-24-12(20)8-5-16(14(22)26-3)7-17(10(8)18,15(23)27-4)6-9(11(16)19)13(21)25-2/h18-19H,5-7H2,1-4H3. The van der Waals surface area contributed by atoms with Gasteiger partial charge in [-0.3, -0.25) is 9.59 Å². The summed E-state index contributed by atoms with van der Waals surface area (Å²) in [5.41, 5.74) is -4.73. The maximum atomic E-state index is 12.6. The zero-order valence-electron chi connectivity index (χ0n) is 15.3. The smallest absolute Gasteiger partial charge is 0.337 e. The van der Waals surface area contributed by atoms with Crippen LogP contribution in [0.2, 0.25) is 0 Å². The molecule has 2 aliphatic carbocycles. The zero-order chi connectivity index (χ0) is 20.6. The molecule has 2 unspecified atom stereocenters. The summed E-state index contributed by atoms with van der Waals surface area (Å²) in [6.07, 6.45) is -1.54. The SMILES string of the molecule is COC(=O)C1=C(O)C2(C(=O)OC)CC(C(=O)OC)=C(O)C(C(=O)OC)(C1)C2. The lowest BCUT2D eigenvalue weighted by atomic mass is 9.55. The van der Waals surface area contributed by atoms with Gasteiger partial charge in [0.05, 0.1) is 39.6 Å². The van der Waals surface area contributed by atoms with Crippen LogP contribution < -0.4 is 0 Å². The molecule has 0 aromatic rings. The summed E-state index contributed by atoms with van der Waals surface area (Å²) in [5.74, 6) is -5.36. The van der Waals surface area contributed by atoms with Crippen LogP contribution in [0.25, 0.3) is 0 Å². The van der Waals surface area contributed by atoms with Gasteiger partial charge in [0, 0.05) is 12.8 Å². The molecular formula is C17H20O10. The highest BCUT2D eigenvalue weighted by Crippen LogP contribution is 2.59. The van der Waals surface area contributed by atoms with E-state index in [9.17, 15) is 29.4 Å². The van der Waals surface area contributed by atoms with E-state index in [1.54, 1.807) is 0 Å². The van der Waals surface area contributed by atoms with Gasteiger partial charge in [-0.25, -0.2) is 9.59 Å². The van der Waals surface area contributed by atoms with Crippen LogP contribution in [-0.2, 0) is 38.1 Å². The molecule has 0 heterocycles. The van der Waals surface area contributed by atoms with E-state index in [1.807, 2.05) is 0 Å². The molecule has 10 heteroatoms. The van der Waals surface area contributed by atoms with E-state index in [0.29, 0.717) is 0 Å². The molecule has 0 amide bonds. The molecule has 0 aromatic heterocycles. The highest BCUT2D eigenvalue weighted by atomic mass is 16.5. The molecule has 0 fully saturated rings. The van der Waals surface area contributed by atoms with Crippen molar-refractivity contribution in [2.24, 2.45) is 10.8 Å². The zero-order valence-corrected chi connectivity index (χ0v) is 15.3. The van der Waals surface area contributed by atoms with Crippen molar-refractivity contribution >= 4 is 23.9 Å². The monoisotopic (exact) mass is 384 g/mol. The van der Waals surface area contributed by atoms with Gasteiger partial charge in [-0.2, -0.15) is 0 Å². The van der Waals surface area contributed by atoms with Gasteiger partial charge in [0.15, 0.2) is 0 Å². The first-order valence-electron chi connectivity index (χ1n) is 7.83. The third kappa shape index (κ3) is 2.71. The average molecular weight is 384 g/mol. The van der Waals surface area contributed by atoms with E-state index in [1.165, 1.54) is 0 Å². The first-order chi connectivity index (χ1) is 12.6. The van der Waals surface area contributed by atoms with Crippen LogP contribution in [0.15, 0.2) is 22.7 Å². The Morgan fingerprint density at radius 3 is 1.30 bits per heavy atom. The maximum absolute atomic E-state index is 12.6. The number of aliphatic hydroxyl groups is 2. The molecule has 0 aromatic carbocycles. The Bertz CT molecular complexity index is 713. The summed E-state index contributed by atoms with van der Waals surface area (Å²) in [4.78, 5) is 49.5. The minimum Gasteiger partial charge on any atom is -0.511 e. The quantitative estimate of drug-likeness (QED) is 0.518. The van der Waals surface area contributed by atoms with E-state index < -0.39 is 76.6 Å². The van der Waals surface area contributed by atoms with Gasteiger partial charge in [-0.15, -0.1) is 0 Å². The number of carbonyl (C=O) groups excluding carboxylic acids is 4. The molecule has 2 N–H and O–H groups in total. The second-order valence-corrected chi connectivity index (χ2v) is 6.32. The number of fused-ring (bicyclic) bond motifs is 2. The number of hydrogen-bond donors (Lipinski definition) is 2. The van der Waals surface area contributed by atoms with Crippen LogP contribution in [0.1, 0.15) is 19.3 Å². The molecule has 0 saturated heterocycles. The van der Waals surface area contributed by atoms with Crippen LogP contribution >= 0.6 is 0 Å². The highest BCUT2D eigenvalue weighted by Gasteiger charge is 2.65. The van der Waals surface area contributed by atoms with Crippen molar-refractivity contribution in [1.82, 2.24) is 0 Å². The van der Waals surface area contributed by atoms with Gasteiger partial charge < -0.3 is 29.2 Å². The number of esters is 4. The van der Waals surface area contributed by atoms with Gasteiger partial charge in [0.1, 0.15) is 22.3 Å². The summed E-state index contributed by atoms with van der Waals surface area (Å²) in [7, 11) is 4.20. The van der Waals surface area contributed by atoms with E-state index in [0.717, 1.165) is 28.4 Å². The van der Waals surface area contributed by atoms with E-state index >= 15 is 0 Å². The molecule has 10 nitrogen and oxygen atoms in total. The molecule has 2 bridgehead atoms. The maximum Gasteiger partial charge on any atom is 0.337 e. The fraction of sp³-hybridized carbons (Fsp3) is 0.529. The average Bonchev–Trinajstić information content (AvgIpc) is 2.69. The number of hydrogen-bond acceptors (Lipinski definition) is 10. The van der Waals surface area contributed by atoms with Crippen molar-refractivity contribution in [1.29, 1.82) is 0 Å². The van der Waals surface area contributed by atoms with Gasteiger partial charge in [0.2, 0.25) is 0 Å². The Labute approximate surface area is 154 Å². The van der Waals surface area contributed by atoms with Crippen molar-refractivity contribution in [2.75, 3.05) is 28.4 Å². The first-order valence-corrected chi connectivity index (χ1v) is 7.83. The molecule has 2 rings (SSSR count). The lowest BCUT2D eigenvalue weighted by Crippen LogP contribution is -2.53. The Kier molecular flexibility index (Phi) is 5.21. The topological polar surface area (TPSA) is 146 Å². The lowest BCUT2D eigenvalue weighted by Gasteiger charge is -2.47. The number of ether oxygens (including phenoxy) is 4. The number of carbonyl (C=O) groups is 4. The van der Waals surface area contributed by atoms with Crippen LogP contribution in [0.3, 0.4) is 0 Å². The van der Waals surface area contributed by atoms with Crippen molar-refractivity contribution in [2.45, 2.75) is 19.3 Å². The first kappa shape index (κ1) is 20.3. The van der Waals surface area contributed by atoms with E-state index in [2.05, 4.69) is 9.47 Å². The second-order valence-electron chi connectivity index (χ2n) is 6.32. The summed E-state index contributed by atoms with van der Waals surface area (Å²) < 4.78 is 18.8. The van der Waals surface area contributed by atoms with Gasteiger partial charge >= 0.3 is 23.9 Å². The summed E-state index contributed by atoms with van der Waals surface area (Å²) in [6.45, 7) is 0. The summed E-state index contributed by atoms with van der Waals surface area (Å²) in [6, 6.07) is 0. The van der Waals surface area contributed by atoms with Crippen LogP contribution in [0.4, 0.5) is 0 Å². The van der Waals surface area contributed by atoms with Crippen molar-refractivity contribution < 1.29 is 48.3 Å². The lowest BCUT2D eigenvalue weighted by molar-refractivity contribution is -0.165. The van der Waals surface area contributed by atoms with Crippen LogP contribution in [-0.4, -0.2) is 62.5 Å². The van der Waals surface area contributed by atoms with Crippen LogP contribution in [0, 0.1) is 10.8 Å². The normalized spacial score (nSPS) is 27.0. The van der Waals surface area contributed by atoms with Gasteiger partial charge in [0.25, 0.3) is 0 Å². The summed E-state index contributed by atoms with van der Waals surface area (Å²) >= 11 is 0. The van der Waals surface area contributed by atoms with Gasteiger partial charge in [-0.05, 0) is 6.42 Å². The molecule has 0 saturated carbocycles. The predicted octanol–water partition coefficient (Wildman–Crippen LogP) is 0.473. The third-order valence-corrected chi connectivity index (χ3v) is 5.05. The summed E-state index contributed by atoms with van der Waals surface area (Å²) in [5, 5.41) is 21.5. The van der Waals surface area contributed by atoms with E-state index in [4.69, 9.17) is 9.47 Å². The number of aliphatic hydroxyl groups excluding tert-OH is 2. The molecule has 148 valence electrons. The number of methoxy groups -OCH3 is 4. The van der Waals surface area contributed by atoms with Crippen LogP contribution in [0.5, 0.6) is 0 Å². The van der Waals surface area contributed by atoms with Crippen molar-refractivity contribution in [3.8, 4) is 0 Å². The predicted molar refractivity (Wildman–Crippen MR) is 86.1 cm³/mol. The fourth-order valence-corrected chi connectivity index (χ4v) is 3.78. The highest BCUT2D eigenvalue weighted by molar-refractivity contribution is 5.99. The van der Waals surface area contributed by atoms with Crippen molar-refractivity contribution in [3.63, 3.8) is 0 Å². The molecule has 2 atom stereocenters. The van der Waals surface area contributed by atoms with Gasteiger partial charge in [-0.1, -0.05) is 0 Å². The minimum atomic E-state index is -1.97. The molecule has 0 aliphatic heterocycles. The van der Waals surface area contributed by atoms with Crippen molar-refractivity contribution in [3.05, 3.63) is 22.7 Å². The third-order valence-electron chi connectivity index (χ3n) is 5.05. The molecule has 0 radical (unpaired) electrons. The Morgan fingerprint density at radius 2 is 1.04 bits per heavy atom. The van der Waals surface area contributed by atoms with E-state index in [-0.39, 0.29) is 0 Å². The molecule has 0 spiro atoms. The molecule has 27 heavy (non-hydrogen) atoms. The molecular weight excluding hydrogens is 364 g/mol. The number of rotatable bonds is 4. The Hall–Kier alpha value is -3.04. The largest absolute Gasteiger partial charge is 0.511 e. The Balaban J connectivity index is 2.88. The minimum absolute atomic E-state index is 0.394. The second kappa shape index (κ2) is 6.93. The fourth-order valence-electron chi connectivity index (χ4n) is 3.78.